The molecule has 1 aromatic carbocycles. The molecule has 8 nitrogen and oxygen atoms in total. The van der Waals surface area contributed by atoms with Crippen molar-refractivity contribution in [3.63, 3.8) is 0 Å². The Morgan fingerprint density at radius 1 is 1.24 bits per heavy atom. The summed E-state index contributed by atoms with van der Waals surface area (Å²) in [4.78, 5) is 16.8. The first kappa shape index (κ1) is 21.2. The lowest BCUT2D eigenvalue weighted by Gasteiger charge is -2.11. The van der Waals surface area contributed by atoms with Gasteiger partial charge in [-0.3, -0.25) is 4.79 Å². The minimum atomic E-state index is -3.49. The number of nitrogens with zero attached hydrogens (tertiary/aromatic N) is 3. The molecule has 11 heteroatoms. The lowest BCUT2D eigenvalue weighted by atomic mass is 10.3. The number of amides is 1. The second kappa shape index (κ2) is 7.74. The molecule has 0 fully saturated rings. The molecule has 0 bridgehead atoms. The van der Waals surface area contributed by atoms with E-state index in [0.29, 0.717) is 11.1 Å². The van der Waals surface area contributed by atoms with Crippen LogP contribution >= 0.6 is 18.7 Å². The Morgan fingerprint density at radius 3 is 2.62 bits per heavy atom. The molecule has 0 saturated heterocycles. The van der Waals surface area contributed by atoms with Crippen LogP contribution in [0, 0.1) is 0 Å². The Bertz CT molecular complexity index is 1250. The topological polar surface area (TPSA) is 111 Å². The van der Waals surface area contributed by atoms with E-state index in [1.54, 1.807) is 31.7 Å². The number of benzene rings is 1. The van der Waals surface area contributed by atoms with E-state index >= 15 is 0 Å². The number of carbonyl (C=O) groups is 1. The molecule has 0 aliphatic carbocycles. The number of halogens is 1. The largest absolute Gasteiger partial charge is 0.322 e. The standard InChI is InChI=1S/C18H18ClN4O4PS/c1-28(2,25)16-5-4-6-20-17(16)23-11-12(10-21-23)18(24)22-14-7-13(19)8-15(9-14)29(3,26)27/h4-11H,1-3H3,(H,22,24). The summed E-state index contributed by atoms with van der Waals surface area (Å²) in [7, 11) is -6.10. The molecule has 0 radical (unpaired) electrons. The van der Waals surface area contributed by atoms with Crippen LogP contribution in [0.4, 0.5) is 5.69 Å². The Morgan fingerprint density at radius 2 is 1.97 bits per heavy atom. The third-order valence-electron chi connectivity index (χ3n) is 3.97. The number of hydrogen-bond acceptors (Lipinski definition) is 6. The van der Waals surface area contributed by atoms with Gasteiger partial charge in [-0.2, -0.15) is 5.10 Å². The van der Waals surface area contributed by atoms with Gasteiger partial charge in [-0.15, -0.1) is 0 Å². The van der Waals surface area contributed by atoms with Gasteiger partial charge in [0.2, 0.25) is 0 Å². The molecule has 0 aliphatic heterocycles. The van der Waals surface area contributed by atoms with E-state index < -0.39 is 22.9 Å². The van der Waals surface area contributed by atoms with Crippen LogP contribution in [0.25, 0.3) is 5.82 Å². The van der Waals surface area contributed by atoms with Gasteiger partial charge in [0.1, 0.15) is 7.14 Å². The molecule has 3 aromatic rings. The fraction of sp³-hybridized carbons (Fsp3) is 0.167. The Kier molecular flexibility index (Phi) is 5.67. The number of nitrogens with one attached hydrogen (secondary N) is 1. The second-order valence-electron chi connectivity index (χ2n) is 6.77. The zero-order valence-corrected chi connectivity index (χ0v) is 18.3. The molecule has 1 N–H and O–H groups in total. The molecule has 152 valence electrons. The zero-order chi connectivity index (χ0) is 21.4. The predicted octanol–water partition coefficient (Wildman–Crippen LogP) is 2.82. The maximum Gasteiger partial charge on any atom is 0.258 e. The van der Waals surface area contributed by atoms with Crippen LogP contribution in [0.1, 0.15) is 10.4 Å². The van der Waals surface area contributed by atoms with Crippen LogP contribution in [-0.4, -0.2) is 48.7 Å². The summed E-state index contributed by atoms with van der Waals surface area (Å²) in [5.41, 5.74) is 0.449. The third kappa shape index (κ3) is 4.93. The van der Waals surface area contributed by atoms with Crippen molar-refractivity contribution in [1.82, 2.24) is 14.8 Å². The molecule has 1 amide bonds. The second-order valence-corrected chi connectivity index (χ2v) is 12.4. The van der Waals surface area contributed by atoms with E-state index in [1.807, 2.05) is 0 Å². The van der Waals surface area contributed by atoms with Crippen molar-refractivity contribution >= 4 is 45.5 Å². The van der Waals surface area contributed by atoms with Crippen molar-refractivity contribution in [2.75, 3.05) is 24.9 Å². The number of carbonyl (C=O) groups excluding carboxylic acids is 1. The van der Waals surface area contributed by atoms with Crippen LogP contribution < -0.4 is 10.6 Å². The summed E-state index contributed by atoms with van der Waals surface area (Å²) in [5, 5.41) is 7.48. The number of pyridine rings is 1. The molecule has 0 atom stereocenters. The van der Waals surface area contributed by atoms with Crippen molar-refractivity contribution in [3.8, 4) is 5.82 Å². The fourth-order valence-corrected chi connectivity index (χ4v) is 4.66. The van der Waals surface area contributed by atoms with E-state index in [1.165, 1.54) is 35.3 Å². The molecule has 0 spiro atoms. The first-order chi connectivity index (χ1) is 13.4. The highest BCUT2D eigenvalue weighted by atomic mass is 35.5. The number of rotatable bonds is 5. The van der Waals surface area contributed by atoms with Gasteiger partial charge in [0, 0.05) is 29.4 Å². The minimum Gasteiger partial charge on any atom is -0.322 e. The molecule has 2 aromatic heterocycles. The van der Waals surface area contributed by atoms with Gasteiger partial charge in [-0.25, -0.2) is 18.1 Å². The summed E-state index contributed by atoms with van der Waals surface area (Å²) < 4.78 is 37.4. The zero-order valence-electron chi connectivity index (χ0n) is 15.8. The molecule has 29 heavy (non-hydrogen) atoms. The highest BCUT2D eigenvalue weighted by molar-refractivity contribution is 7.90. The summed E-state index contributed by atoms with van der Waals surface area (Å²) >= 11 is 5.96. The van der Waals surface area contributed by atoms with Gasteiger partial charge < -0.3 is 9.88 Å². The lowest BCUT2D eigenvalue weighted by molar-refractivity contribution is 0.102. The van der Waals surface area contributed by atoms with E-state index in [2.05, 4.69) is 15.4 Å². The summed E-state index contributed by atoms with van der Waals surface area (Å²) in [6.07, 6.45) is 5.40. The molecular formula is C18H18ClN4O4PS. The lowest BCUT2D eigenvalue weighted by Crippen LogP contribution is -2.15. The van der Waals surface area contributed by atoms with Gasteiger partial charge >= 0.3 is 0 Å². The van der Waals surface area contributed by atoms with Gasteiger partial charge in [0.15, 0.2) is 15.7 Å². The van der Waals surface area contributed by atoms with Crippen LogP contribution in [0.5, 0.6) is 0 Å². The van der Waals surface area contributed by atoms with Gasteiger partial charge in [0.25, 0.3) is 5.91 Å². The molecular weight excluding hydrogens is 435 g/mol. The number of aromatic nitrogens is 3. The van der Waals surface area contributed by atoms with Crippen LogP contribution in [-0.2, 0) is 14.4 Å². The molecule has 0 unspecified atom stereocenters. The monoisotopic (exact) mass is 452 g/mol. The average molecular weight is 453 g/mol. The summed E-state index contributed by atoms with van der Waals surface area (Å²) in [6.45, 7) is 3.26. The van der Waals surface area contributed by atoms with Crippen molar-refractivity contribution in [3.05, 3.63) is 59.5 Å². The van der Waals surface area contributed by atoms with E-state index in [0.717, 1.165) is 6.26 Å². The highest BCUT2D eigenvalue weighted by Gasteiger charge is 2.20. The van der Waals surface area contributed by atoms with E-state index in [-0.39, 0.29) is 21.2 Å². The SMILES string of the molecule is CP(C)(=O)c1cccnc1-n1cc(C(=O)Nc2cc(Cl)cc(S(C)(=O)=O)c2)cn1. The third-order valence-corrected chi connectivity index (χ3v) is 6.78. The maximum atomic E-state index is 12.6. The maximum absolute atomic E-state index is 12.6. The van der Waals surface area contributed by atoms with Crippen LogP contribution in [0.15, 0.2) is 53.8 Å². The normalized spacial score (nSPS) is 12.0. The van der Waals surface area contributed by atoms with Crippen LogP contribution in [0.3, 0.4) is 0 Å². The quantitative estimate of drug-likeness (QED) is 0.596. The number of anilines is 1. The minimum absolute atomic E-state index is 0.00392. The summed E-state index contributed by atoms with van der Waals surface area (Å²) in [6, 6.07) is 7.48. The molecule has 0 aliphatic rings. The van der Waals surface area contributed by atoms with Gasteiger partial charge in [0.05, 0.1) is 22.0 Å². The average Bonchev–Trinajstić information content (AvgIpc) is 3.10. The predicted molar refractivity (Wildman–Crippen MR) is 113 cm³/mol. The van der Waals surface area contributed by atoms with Gasteiger partial charge in [-0.05, 0) is 43.7 Å². The Balaban J connectivity index is 1.90. The Hall–Kier alpha value is -2.48. The van der Waals surface area contributed by atoms with Gasteiger partial charge in [-0.1, -0.05) is 11.6 Å². The first-order valence-electron chi connectivity index (χ1n) is 8.33. The van der Waals surface area contributed by atoms with Crippen molar-refractivity contribution < 1.29 is 17.8 Å². The first-order valence-corrected chi connectivity index (χ1v) is 13.2. The van der Waals surface area contributed by atoms with E-state index in [4.69, 9.17) is 11.6 Å². The Labute approximate surface area is 173 Å². The van der Waals surface area contributed by atoms with Crippen molar-refractivity contribution in [2.24, 2.45) is 0 Å². The highest BCUT2D eigenvalue weighted by Crippen LogP contribution is 2.36. The molecule has 3 rings (SSSR count). The molecule has 0 saturated carbocycles. The van der Waals surface area contributed by atoms with Crippen LogP contribution in [0.2, 0.25) is 5.02 Å². The fourth-order valence-electron chi connectivity index (χ4n) is 2.59. The number of sulfone groups is 1. The van der Waals surface area contributed by atoms with Crippen molar-refractivity contribution in [1.29, 1.82) is 0 Å². The summed E-state index contributed by atoms with van der Waals surface area (Å²) in [5.74, 6) is -0.131. The smallest absolute Gasteiger partial charge is 0.258 e. The molecule has 2 heterocycles. The number of hydrogen-bond donors (Lipinski definition) is 1. The van der Waals surface area contributed by atoms with E-state index in [9.17, 15) is 17.8 Å². The van der Waals surface area contributed by atoms with Crippen molar-refractivity contribution in [2.45, 2.75) is 4.90 Å².